The Morgan fingerprint density at radius 3 is 2.66 bits per heavy atom. The Balaban J connectivity index is 1.19. The zero-order valence-corrected chi connectivity index (χ0v) is 25.7. The second-order valence-corrected chi connectivity index (χ2v) is 12.2. The van der Waals surface area contributed by atoms with Crippen LogP contribution >= 0.6 is 8.17 Å². The quantitative estimate of drug-likeness (QED) is 0.102. The number of aliphatic hydroxyl groups excluding tert-OH is 1. The molecule has 2 aliphatic rings. The van der Waals surface area contributed by atoms with E-state index in [0.717, 1.165) is 19.4 Å². The van der Waals surface area contributed by atoms with Gasteiger partial charge in [0.25, 0.3) is 0 Å². The van der Waals surface area contributed by atoms with Crippen molar-refractivity contribution in [3.05, 3.63) is 30.6 Å². The molecule has 2 fully saturated rings. The number of carbonyl (C=O) groups excluding carboxylic acids is 1. The van der Waals surface area contributed by atoms with Gasteiger partial charge in [0.1, 0.15) is 36.2 Å². The number of hydrogen-bond acceptors (Lipinski definition) is 14. The van der Waals surface area contributed by atoms with E-state index < -0.39 is 44.2 Å². The van der Waals surface area contributed by atoms with Crippen LogP contribution in [0, 0.1) is 5.92 Å². The molecular weight excluding hydrogens is 595 g/mol. The Hall–Kier alpha value is -3.66. The predicted octanol–water partition coefficient (Wildman–Crippen LogP) is 1.40. The summed E-state index contributed by atoms with van der Waals surface area (Å²) in [7, 11) is -2.51. The highest BCUT2D eigenvalue weighted by Crippen LogP contribution is 2.40. The van der Waals surface area contributed by atoms with E-state index in [1.807, 2.05) is 0 Å². The standard InChI is InChI=1S/C27H37N8O8P/c1-14(2)41-24(37)15(3)33-34-44(39)43-18-9-7-17(8-10-18)40-12-19-21(36)27(4,38)25(42-19)35-13-30-20-22(29-11-16-5-6-16)31-26(28)32-23(20)35/h7-10,13-16,19,21,25,33,36,38H,5-6,11-12H2,1-4H3,(H3,28,29,31,32)/t15-,19+,21+,25+,27+/m0/s1. The number of fused-ring (bicyclic) bond motifs is 1. The molecule has 0 amide bonds. The van der Waals surface area contributed by atoms with Crippen molar-refractivity contribution in [2.45, 2.75) is 76.7 Å². The molecule has 6 N–H and O–H groups in total. The van der Waals surface area contributed by atoms with E-state index in [1.165, 1.54) is 36.9 Å². The largest absolute Gasteiger partial charge is 0.574 e. The molecule has 0 radical (unpaired) electrons. The smallest absolute Gasteiger partial charge is 0.412 e. The first kappa shape index (κ1) is 31.8. The number of aliphatic hydroxyl groups is 2. The lowest BCUT2D eigenvalue weighted by Gasteiger charge is -2.27. The molecule has 2 aromatic heterocycles. The van der Waals surface area contributed by atoms with Crippen LogP contribution in [0.2, 0.25) is 0 Å². The lowest BCUT2D eigenvalue weighted by atomic mass is 9.96. The van der Waals surface area contributed by atoms with Gasteiger partial charge in [0.2, 0.25) is 5.95 Å². The molecule has 6 atom stereocenters. The molecule has 0 bridgehead atoms. The van der Waals surface area contributed by atoms with Gasteiger partial charge in [-0.25, -0.2) is 4.98 Å². The molecule has 1 aliphatic heterocycles. The zero-order valence-electron chi connectivity index (χ0n) is 24.8. The van der Waals surface area contributed by atoms with Crippen molar-refractivity contribution in [1.29, 1.82) is 0 Å². The molecule has 1 saturated heterocycles. The summed E-state index contributed by atoms with van der Waals surface area (Å²) in [6.07, 6.45) is 0.265. The molecule has 17 heteroatoms. The number of benzene rings is 1. The van der Waals surface area contributed by atoms with E-state index in [1.54, 1.807) is 26.0 Å². The lowest BCUT2D eigenvalue weighted by Crippen LogP contribution is -2.44. The minimum atomic E-state index is -2.51. The average Bonchev–Trinajstić information content (AvgIpc) is 3.67. The van der Waals surface area contributed by atoms with Crippen LogP contribution in [0.25, 0.3) is 11.2 Å². The number of nitrogens with two attached hydrogens (primary N) is 1. The second kappa shape index (κ2) is 13.1. The fourth-order valence-electron chi connectivity index (χ4n) is 4.58. The molecule has 1 unspecified atom stereocenters. The van der Waals surface area contributed by atoms with Gasteiger partial charge in [0.15, 0.2) is 29.0 Å². The van der Waals surface area contributed by atoms with E-state index in [0.29, 0.717) is 28.6 Å². The topological polar surface area (TPSA) is 224 Å². The fraction of sp³-hybridized carbons (Fsp3) is 0.556. The molecule has 1 saturated carbocycles. The van der Waals surface area contributed by atoms with Crippen molar-refractivity contribution >= 4 is 37.1 Å². The van der Waals surface area contributed by atoms with Crippen molar-refractivity contribution < 1.29 is 38.6 Å². The Morgan fingerprint density at radius 2 is 1.98 bits per heavy atom. The first-order chi connectivity index (χ1) is 20.9. The van der Waals surface area contributed by atoms with Crippen LogP contribution in [-0.4, -0.2) is 78.8 Å². The lowest BCUT2D eigenvalue weighted by molar-refractivity contribution is -0.169. The molecule has 16 nitrogen and oxygen atoms in total. The highest BCUT2D eigenvalue weighted by atomic mass is 31.1. The summed E-state index contributed by atoms with van der Waals surface area (Å²) in [6.45, 7) is 7.10. The van der Waals surface area contributed by atoms with Crippen molar-refractivity contribution in [2.24, 2.45) is 10.8 Å². The van der Waals surface area contributed by atoms with Gasteiger partial charge in [-0.1, -0.05) is 0 Å². The van der Waals surface area contributed by atoms with E-state index in [2.05, 4.69) is 30.5 Å². The number of carbonyl (C=O) groups is 1. The van der Waals surface area contributed by atoms with Crippen LogP contribution in [-0.2, 0) is 14.3 Å². The van der Waals surface area contributed by atoms with Gasteiger partial charge in [-0.05, 0) is 70.7 Å². The van der Waals surface area contributed by atoms with Crippen LogP contribution < -0.4 is 30.6 Å². The Bertz CT molecular complexity index is 1500. The Morgan fingerprint density at radius 1 is 1.27 bits per heavy atom. The number of esters is 1. The molecule has 1 aliphatic carbocycles. The predicted molar refractivity (Wildman–Crippen MR) is 157 cm³/mol. The summed E-state index contributed by atoms with van der Waals surface area (Å²) in [5.41, 5.74) is 7.55. The summed E-state index contributed by atoms with van der Waals surface area (Å²) in [5.74, 6) is 1.27. The molecular formula is C27H37N8O8P. The van der Waals surface area contributed by atoms with Gasteiger partial charge >= 0.3 is 14.1 Å². The van der Waals surface area contributed by atoms with Gasteiger partial charge in [-0.3, -0.25) is 13.9 Å². The minimum Gasteiger partial charge on any atom is -0.574 e. The third-order valence-corrected chi connectivity index (χ3v) is 7.81. The maximum Gasteiger partial charge on any atom is 0.412 e. The second-order valence-electron chi connectivity index (χ2n) is 11.3. The van der Waals surface area contributed by atoms with E-state index in [9.17, 15) is 19.9 Å². The van der Waals surface area contributed by atoms with E-state index >= 15 is 0 Å². The molecule has 238 valence electrons. The summed E-state index contributed by atoms with van der Waals surface area (Å²) < 4.78 is 23.7. The molecule has 3 aromatic rings. The number of nitrogens with one attached hydrogen (secondary N) is 2. The Labute approximate surface area is 254 Å². The van der Waals surface area contributed by atoms with Crippen LogP contribution in [0.4, 0.5) is 11.8 Å². The van der Waals surface area contributed by atoms with Gasteiger partial charge < -0.3 is 40.4 Å². The van der Waals surface area contributed by atoms with Gasteiger partial charge in [-0.2, -0.15) is 15.4 Å². The number of rotatable bonds is 13. The van der Waals surface area contributed by atoms with Crippen molar-refractivity contribution in [1.82, 2.24) is 24.9 Å². The van der Waals surface area contributed by atoms with Crippen molar-refractivity contribution in [3.8, 4) is 11.5 Å². The van der Waals surface area contributed by atoms with Crippen molar-refractivity contribution in [3.63, 3.8) is 0 Å². The van der Waals surface area contributed by atoms with Crippen LogP contribution in [0.3, 0.4) is 0 Å². The Kier molecular flexibility index (Phi) is 9.48. The maximum absolute atomic E-state index is 12.2. The number of anilines is 2. The third kappa shape index (κ3) is 7.34. The van der Waals surface area contributed by atoms with E-state index in [4.69, 9.17) is 24.5 Å². The summed E-state index contributed by atoms with van der Waals surface area (Å²) in [5, 5.41) is 25.5. The zero-order chi connectivity index (χ0) is 31.6. The number of hydrogen-bond donors (Lipinski definition) is 5. The van der Waals surface area contributed by atoms with Gasteiger partial charge in [0.05, 0.1) is 12.4 Å². The van der Waals surface area contributed by atoms with Gasteiger partial charge in [0, 0.05) is 11.4 Å². The fourth-order valence-corrected chi connectivity index (χ4v) is 5.19. The summed E-state index contributed by atoms with van der Waals surface area (Å²) in [4.78, 5) is 40.7. The highest BCUT2D eigenvalue weighted by Gasteiger charge is 2.53. The van der Waals surface area contributed by atoms with Crippen LogP contribution in [0.5, 0.6) is 11.5 Å². The number of nitrogen functional groups attached to an aromatic ring is 1. The number of imidazole rings is 1. The molecule has 5 rings (SSSR count). The van der Waals surface area contributed by atoms with Crippen molar-refractivity contribution in [2.75, 3.05) is 24.2 Å². The number of aromatic nitrogens is 4. The highest BCUT2D eigenvalue weighted by molar-refractivity contribution is 7.33. The molecule has 1 aromatic carbocycles. The van der Waals surface area contributed by atoms with Crippen LogP contribution in [0.1, 0.15) is 46.8 Å². The molecule has 44 heavy (non-hydrogen) atoms. The van der Waals surface area contributed by atoms with Gasteiger partial charge in [-0.15, -0.1) is 0 Å². The van der Waals surface area contributed by atoms with Crippen LogP contribution in [0.15, 0.2) is 35.4 Å². The monoisotopic (exact) mass is 632 g/mol. The number of ether oxygens (including phenoxy) is 3. The summed E-state index contributed by atoms with van der Waals surface area (Å²) >= 11 is 0. The number of nitrogens with zero attached hydrogens (tertiary/aromatic N) is 5. The molecule has 0 spiro atoms. The van der Waals surface area contributed by atoms with E-state index in [-0.39, 0.29) is 24.4 Å². The third-order valence-electron chi connectivity index (χ3n) is 7.16. The summed E-state index contributed by atoms with van der Waals surface area (Å²) in [6, 6.07) is 5.40. The first-order valence-electron chi connectivity index (χ1n) is 14.3. The molecule has 3 heterocycles. The SMILES string of the molecule is CC(C)OC(=O)[C@H](C)N/N=[P+](\[O-])Oc1ccc(OC[C@H]2O[C@@H](n3cnc4c(NCC5CC5)nc(N)nc43)[C@](C)(O)[C@@H]2O)cc1. The first-order valence-corrected chi connectivity index (χ1v) is 15.4. The normalized spacial score (nSPS) is 24.5. The average molecular weight is 633 g/mol. The minimum absolute atomic E-state index is 0.0402. The maximum atomic E-state index is 12.2.